The van der Waals surface area contributed by atoms with E-state index in [0.717, 1.165) is 32.7 Å². The maximum Gasteiger partial charge on any atom is 0.242 e. The molecule has 0 radical (unpaired) electrons. The molecule has 1 amide bonds. The third kappa shape index (κ3) is 3.18. The standard InChI is InChI=1S/C12H23N3O2/c1-10(2)14-4-6-15(7-5-14)12(16)11-9-17-8-3-13-11/h10-11,13H,3-9H2,1-2H3. The van der Waals surface area contributed by atoms with Crippen molar-refractivity contribution in [3.8, 4) is 0 Å². The van der Waals surface area contributed by atoms with Crippen molar-refractivity contribution in [3.05, 3.63) is 0 Å². The lowest BCUT2D eigenvalue weighted by atomic mass is 10.2. The van der Waals surface area contributed by atoms with Gasteiger partial charge < -0.3 is 15.0 Å². The van der Waals surface area contributed by atoms with Crippen molar-refractivity contribution in [1.82, 2.24) is 15.1 Å². The first-order valence-corrected chi connectivity index (χ1v) is 6.52. The van der Waals surface area contributed by atoms with Crippen LogP contribution in [0.25, 0.3) is 0 Å². The normalized spacial score (nSPS) is 27.5. The molecule has 0 spiro atoms. The summed E-state index contributed by atoms with van der Waals surface area (Å²) in [6, 6.07) is 0.442. The van der Waals surface area contributed by atoms with Crippen LogP contribution in [-0.4, -0.2) is 73.7 Å². The molecule has 2 heterocycles. The average molecular weight is 241 g/mol. The van der Waals surface area contributed by atoms with Gasteiger partial charge in [-0.05, 0) is 13.8 Å². The van der Waals surface area contributed by atoms with Gasteiger partial charge in [0.1, 0.15) is 6.04 Å². The molecule has 5 heteroatoms. The molecule has 17 heavy (non-hydrogen) atoms. The highest BCUT2D eigenvalue weighted by Crippen LogP contribution is 2.08. The fourth-order valence-corrected chi connectivity index (χ4v) is 2.40. The van der Waals surface area contributed by atoms with E-state index in [-0.39, 0.29) is 11.9 Å². The van der Waals surface area contributed by atoms with Crippen LogP contribution in [0.1, 0.15) is 13.8 Å². The summed E-state index contributed by atoms with van der Waals surface area (Å²) in [5.41, 5.74) is 0. The van der Waals surface area contributed by atoms with E-state index in [1.54, 1.807) is 0 Å². The predicted molar refractivity (Wildman–Crippen MR) is 65.9 cm³/mol. The number of hydrogen-bond donors (Lipinski definition) is 1. The highest BCUT2D eigenvalue weighted by Gasteiger charge is 2.29. The van der Waals surface area contributed by atoms with Crippen LogP contribution in [0.15, 0.2) is 0 Å². The lowest BCUT2D eigenvalue weighted by Gasteiger charge is -2.38. The second-order valence-corrected chi connectivity index (χ2v) is 5.04. The molecule has 2 fully saturated rings. The van der Waals surface area contributed by atoms with E-state index in [9.17, 15) is 4.79 Å². The topological polar surface area (TPSA) is 44.8 Å². The molecule has 98 valence electrons. The number of nitrogens with one attached hydrogen (secondary N) is 1. The van der Waals surface area contributed by atoms with Crippen molar-refractivity contribution < 1.29 is 9.53 Å². The second kappa shape index (κ2) is 5.80. The lowest BCUT2D eigenvalue weighted by molar-refractivity contribution is -0.138. The van der Waals surface area contributed by atoms with Crippen LogP contribution in [-0.2, 0) is 9.53 Å². The second-order valence-electron chi connectivity index (χ2n) is 5.04. The highest BCUT2D eigenvalue weighted by molar-refractivity contribution is 5.82. The largest absolute Gasteiger partial charge is 0.378 e. The molecule has 0 saturated carbocycles. The Balaban J connectivity index is 1.81. The zero-order chi connectivity index (χ0) is 12.3. The number of morpholine rings is 1. The van der Waals surface area contributed by atoms with Gasteiger partial charge in [0.05, 0.1) is 13.2 Å². The number of piperazine rings is 1. The van der Waals surface area contributed by atoms with Gasteiger partial charge in [0, 0.05) is 38.8 Å². The monoisotopic (exact) mass is 241 g/mol. The fourth-order valence-electron chi connectivity index (χ4n) is 2.40. The van der Waals surface area contributed by atoms with Gasteiger partial charge in [-0.1, -0.05) is 0 Å². The first-order valence-electron chi connectivity index (χ1n) is 6.52. The van der Waals surface area contributed by atoms with Crippen molar-refractivity contribution in [2.24, 2.45) is 0 Å². The Bertz CT molecular complexity index is 256. The van der Waals surface area contributed by atoms with Crippen LogP contribution in [0.5, 0.6) is 0 Å². The van der Waals surface area contributed by atoms with Crippen molar-refractivity contribution in [3.63, 3.8) is 0 Å². The average Bonchev–Trinajstić information content (AvgIpc) is 2.39. The highest BCUT2D eigenvalue weighted by atomic mass is 16.5. The molecule has 0 aromatic carbocycles. The molecule has 1 atom stereocenters. The summed E-state index contributed by atoms with van der Waals surface area (Å²) in [5, 5.41) is 3.22. The molecule has 0 aromatic heterocycles. The minimum absolute atomic E-state index is 0.130. The predicted octanol–water partition coefficient (Wildman–Crippen LogP) is -0.473. The van der Waals surface area contributed by atoms with Gasteiger partial charge in [-0.25, -0.2) is 0 Å². The van der Waals surface area contributed by atoms with Crippen LogP contribution < -0.4 is 5.32 Å². The molecule has 0 aromatic rings. The van der Waals surface area contributed by atoms with E-state index < -0.39 is 0 Å². The molecular weight excluding hydrogens is 218 g/mol. The smallest absolute Gasteiger partial charge is 0.242 e. The molecule has 2 rings (SSSR count). The summed E-state index contributed by atoms with van der Waals surface area (Å²) in [5.74, 6) is 0.202. The van der Waals surface area contributed by atoms with Gasteiger partial charge in [-0.3, -0.25) is 9.69 Å². The third-order valence-corrected chi connectivity index (χ3v) is 3.58. The first-order chi connectivity index (χ1) is 8.18. The Labute approximate surface area is 103 Å². The molecule has 1 unspecified atom stereocenters. The van der Waals surface area contributed by atoms with Crippen LogP contribution in [0.3, 0.4) is 0 Å². The van der Waals surface area contributed by atoms with E-state index in [1.165, 1.54) is 0 Å². The van der Waals surface area contributed by atoms with Crippen LogP contribution >= 0.6 is 0 Å². The Morgan fingerprint density at radius 3 is 2.53 bits per heavy atom. The van der Waals surface area contributed by atoms with Gasteiger partial charge in [0.2, 0.25) is 5.91 Å². The SMILES string of the molecule is CC(C)N1CCN(C(=O)C2COCCN2)CC1. The number of ether oxygens (including phenoxy) is 1. The minimum Gasteiger partial charge on any atom is -0.378 e. The maximum absolute atomic E-state index is 12.2. The van der Waals surface area contributed by atoms with Gasteiger partial charge in [0.15, 0.2) is 0 Å². The fraction of sp³-hybridized carbons (Fsp3) is 0.917. The zero-order valence-corrected chi connectivity index (χ0v) is 10.8. The quantitative estimate of drug-likeness (QED) is 0.710. The molecule has 5 nitrogen and oxygen atoms in total. The lowest BCUT2D eigenvalue weighted by Crippen LogP contribution is -2.57. The number of rotatable bonds is 2. The van der Waals surface area contributed by atoms with Crippen molar-refractivity contribution in [1.29, 1.82) is 0 Å². The summed E-state index contributed by atoms with van der Waals surface area (Å²) in [4.78, 5) is 16.6. The summed E-state index contributed by atoms with van der Waals surface area (Å²) in [7, 11) is 0. The van der Waals surface area contributed by atoms with Gasteiger partial charge in [-0.2, -0.15) is 0 Å². The Morgan fingerprint density at radius 1 is 1.29 bits per heavy atom. The van der Waals surface area contributed by atoms with Gasteiger partial charge in [-0.15, -0.1) is 0 Å². The molecule has 0 aliphatic carbocycles. The molecule has 2 saturated heterocycles. The van der Waals surface area contributed by atoms with E-state index in [4.69, 9.17) is 4.74 Å². The Hall–Kier alpha value is -0.650. The summed E-state index contributed by atoms with van der Waals surface area (Å²) in [6.07, 6.45) is 0. The summed E-state index contributed by atoms with van der Waals surface area (Å²) < 4.78 is 5.33. The number of amides is 1. The Kier molecular flexibility index (Phi) is 4.36. The molecular formula is C12H23N3O2. The molecule has 2 aliphatic rings. The number of nitrogens with zero attached hydrogens (tertiary/aromatic N) is 2. The summed E-state index contributed by atoms with van der Waals surface area (Å²) in [6.45, 7) is 10.1. The molecule has 1 N–H and O–H groups in total. The van der Waals surface area contributed by atoms with E-state index in [0.29, 0.717) is 19.3 Å². The first kappa shape index (κ1) is 12.8. The number of carbonyl (C=O) groups excluding carboxylic acids is 1. The van der Waals surface area contributed by atoms with E-state index in [2.05, 4.69) is 24.1 Å². The van der Waals surface area contributed by atoms with Crippen molar-refractivity contribution in [2.45, 2.75) is 25.9 Å². The van der Waals surface area contributed by atoms with E-state index >= 15 is 0 Å². The van der Waals surface area contributed by atoms with Gasteiger partial charge >= 0.3 is 0 Å². The van der Waals surface area contributed by atoms with Crippen molar-refractivity contribution in [2.75, 3.05) is 45.9 Å². The molecule has 2 aliphatic heterocycles. The number of carbonyl (C=O) groups is 1. The maximum atomic E-state index is 12.2. The van der Waals surface area contributed by atoms with Crippen LogP contribution in [0, 0.1) is 0 Å². The van der Waals surface area contributed by atoms with Crippen LogP contribution in [0.2, 0.25) is 0 Å². The number of hydrogen-bond acceptors (Lipinski definition) is 4. The minimum atomic E-state index is -0.130. The van der Waals surface area contributed by atoms with E-state index in [1.807, 2.05) is 4.90 Å². The Morgan fingerprint density at radius 2 is 2.00 bits per heavy atom. The zero-order valence-electron chi connectivity index (χ0n) is 10.8. The summed E-state index contributed by atoms with van der Waals surface area (Å²) >= 11 is 0. The molecule has 0 bridgehead atoms. The third-order valence-electron chi connectivity index (χ3n) is 3.58. The van der Waals surface area contributed by atoms with Crippen LogP contribution in [0.4, 0.5) is 0 Å². The van der Waals surface area contributed by atoms with Crippen molar-refractivity contribution >= 4 is 5.91 Å². The van der Waals surface area contributed by atoms with Gasteiger partial charge in [0.25, 0.3) is 0 Å².